The number of aliphatic imine (C=N–C) groups is 1. The van der Waals surface area contributed by atoms with E-state index in [-0.39, 0.29) is 4.90 Å². The second-order valence-corrected chi connectivity index (χ2v) is 6.83. The first kappa shape index (κ1) is 16.8. The van der Waals surface area contributed by atoms with Gasteiger partial charge in [0.05, 0.1) is 10.6 Å². The van der Waals surface area contributed by atoms with Gasteiger partial charge >= 0.3 is 0 Å². The van der Waals surface area contributed by atoms with Crippen LogP contribution >= 0.6 is 0 Å². The van der Waals surface area contributed by atoms with Crippen molar-refractivity contribution < 1.29 is 12.8 Å². The quantitative estimate of drug-likeness (QED) is 0.708. The lowest BCUT2D eigenvalue weighted by Crippen LogP contribution is -2.12. The minimum atomic E-state index is -3.74. The second-order valence-electron chi connectivity index (χ2n) is 5.15. The summed E-state index contributed by atoms with van der Waals surface area (Å²) >= 11 is 0. The summed E-state index contributed by atoms with van der Waals surface area (Å²) in [6.07, 6.45) is 4.99. The van der Waals surface area contributed by atoms with Gasteiger partial charge in [0, 0.05) is 29.9 Å². The van der Waals surface area contributed by atoms with Crippen molar-refractivity contribution in [2.75, 3.05) is 4.72 Å². The summed E-state index contributed by atoms with van der Waals surface area (Å²) in [7, 11) is -3.74. The van der Waals surface area contributed by atoms with Crippen molar-refractivity contribution in [3.05, 3.63) is 84.4 Å². The van der Waals surface area contributed by atoms with Crippen molar-refractivity contribution in [3.63, 3.8) is 0 Å². The van der Waals surface area contributed by atoms with Crippen LogP contribution in [0.2, 0.25) is 0 Å². The molecule has 3 aromatic rings. The number of pyridine rings is 1. The molecule has 0 saturated heterocycles. The Hall–Kier alpha value is -3.06. The van der Waals surface area contributed by atoms with Crippen LogP contribution in [0.25, 0.3) is 0 Å². The highest BCUT2D eigenvalue weighted by atomic mass is 32.2. The fraction of sp³-hybridized carbons (Fsp3) is 0. The number of hydrogen-bond acceptors (Lipinski definition) is 4. The molecule has 5 nitrogen and oxygen atoms in total. The molecule has 0 bridgehead atoms. The Bertz CT molecular complexity index is 971. The maximum atomic E-state index is 12.9. The number of halogens is 1. The zero-order chi connectivity index (χ0) is 17.7. The Morgan fingerprint density at radius 2 is 1.72 bits per heavy atom. The Morgan fingerprint density at radius 3 is 2.36 bits per heavy atom. The van der Waals surface area contributed by atoms with Gasteiger partial charge in [-0.1, -0.05) is 6.07 Å². The number of rotatable bonds is 5. The Balaban J connectivity index is 1.74. The van der Waals surface area contributed by atoms with E-state index in [4.69, 9.17) is 0 Å². The average molecular weight is 355 g/mol. The van der Waals surface area contributed by atoms with Gasteiger partial charge in [0.25, 0.3) is 10.0 Å². The Kier molecular flexibility index (Phi) is 4.85. The van der Waals surface area contributed by atoms with Crippen LogP contribution in [-0.4, -0.2) is 19.6 Å². The molecule has 0 saturated carbocycles. The Labute approximate surface area is 145 Å². The van der Waals surface area contributed by atoms with Gasteiger partial charge in [-0.3, -0.25) is 14.7 Å². The molecule has 0 aliphatic heterocycles. The molecule has 126 valence electrons. The minimum absolute atomic E-state index is 0.0946. The van der Waals surface area contributed by atoms with E-state index in [0.717, 1.165) is 5.56 Å². The third-order valence-corrected chi connectivity index (χ3v) is 4.69. The molecule has 0 fully saturated rings. The van der Waals surface area contributed by atoms with Crippen LogP contribution in [0.1, 0.15) is 5.56 Å². The van der Waals surface area contributed by atoms with Crippen LogP contribution in [0.3, 0.4) is 0 Å². The maximum Gasteiger partial charge on any atom is 0.261 e. The van der Waals surface area contributed by atoms with Gasteiger partial charge in [-0.15, -0.1) is 0 Å². The molecule has 2 aromatic carbocycles. The van der Waals surface area contributed by atoms with E-state index in [1.807, 2.05) is 6.07 Å². The molecule has 0 atom stereocenters. The molecule has 0 amide bonds. The summed E-state index contributed by atoms with van der Waals surface area (Å²) < 4.78 is 39.9. The van der Waals surface area contributed by atoms with E-state index in [0.29, 0.717) is 11.4 Å². The zero-order valence-corrected chi connectivity index (χ0v) is 13.8. The first-order valence-corrected chi connectivity index (χ1v) is 8.84. The van der Waals surface area contributed by atoms with E-state index in [1.165, 1.54) is 36.4 Å². The summed E-state index contributed by atoms with van der Waals surface area (Å²) in [6, 6.07) is 14.9. The largest absolute Gasteiger partial charge is 0.280 e. The van der Waals surface area contributed by atoms with Crippen LogP contribution in [-0.2, 0) is 10.0 Å². The van der Waals surface area contributed by atoms with Crippen LogP contribution in [0.5, 0.6) is 0 Å². The van der Waals surface area contributed by atoms with Crippen LogP contribution in [0, 0.1) is 5.82 Å². The highest BCUT2D eigenvalue weighted by Gasteiger charge is 2.13. The molecule has 0 aliphatic rings. The molecule has 0 radical (unpaired) electrons. The molecule has 1 heterocycles. The van der Waals surface area contributed by atoms with Gasteiger partial charge in [0.15, 0.2) is 0 Å². The van der Waals surface area contributed by atoms with E-state index < -0.39 is 15.8 Å². The predicted molar refractivity (Wildman–Crippen MR) is 95.1 cm³/mol. The fourth-order valence-electron chi connectivity index (χ4n) is 2.04. The molecule has 0 aliphatic carbocycles. The molecule has 0 unspecified atom stereocenters. The topological polar surface area (TPSA) is 71.4 Å². The van der Waals surface area contributed by atoms with Crippen molar-refractivity contribution >= 4 is 27.6 Å². The van der Waals surface area contributed by atoms with Crippen LogP contribution in [0.15, 0.2) is 82.9 Å². The number of nitrogens with one attached hydrogen (secondary N) is 1. The number of aromatic nitrogens is 1. The van der Waals surface area contributed by atoms with Gasteiger partial charge in [-0.05, 0) is 54.6 Å². The number of anilines is 1. The van der Waals surface area contributed by atoms with Gasteiger partial charge in [-0.2, -0.15) is 0 Å². The van der Waals surface area contributed by atoms with Crippen LogP contribution < -0.4 is 4.72 Å². The Morgan fingerprint density at radius 1 is 1.00 bits per heavy atom. The fourth-order valence-corrected chi connectivity index (χ4v) is 3.10. The normalized spacial score (nSPS) is 11.6. The highest BCUT2D eigenvalue weighted by molar-refractivity contribution is 7.92. The van der Waals surface area contributed by atoms with Gasteiger partial charge in [-0.25, -0.2) is 12.8 Å². The SMILES string of the molecule is O=S(=O)(Nc1ccc(F)cc1)c1ccc(N=Cc2cccnc2)cc1. The molecule has 0 spiro atoms. The third kappa shape index (κ3) is 4.48. The van der Waals surface area contributed by atoms with E-state index >= 15 is 0 Å². The first-order valence-electron chi connectivity index (χ1n) is 7.35. The van der Waals surface area contributed by atoms with E-state index in [1.54, 1.807) is 36.8 Å². The molecule has 25 heavy (non-hydrogen) atoms. The van der Waals surface area contributed by atoms with Crippen molar-refractivity contribution in [3.8, 4) is 0 Å². The number of hydrogen-bond donors (Lipinski definition) is 1. The van der Waals surface area contributed by atoms with Gasteiger partial charge in [0.2, 0.25) is 0 Å². The minimum Gasteiger partial charge on any atom is -0.280 e. The lowest BCUT2D eigenvalue weighted by molar-refractivity contribution is 0.601. The standard InChI is InChI=1S/C18H14FN3O2S/c19-15-3-5-17(6-4-15)22-25(23,24)18-9-7-16(8-10-18)21-13-14-2-1-11-20-12-14/h1-13,22H. The third-order valence-electron chi connectivity index (χ3n) is 3.29. The lowest BCUT2D eigenvalue weighted by atomic mass is 10.3. The van der Waals surface area contributed by atoms with Crippen molar-refractivity contribution in [1.29, 1.82) is 0 Å². The summed E-state index contributed by atoms with van der Waals surface area (Å²) in [5.41, 5.74) is 1.75. The van der Waals surface area contributed by atoms with Crippen molar-refractivity contribution in [2.24, 2.45) is 4.99 Å². The number of sulfonamides is 1. The van der Waals surface area contributed by atoms with Gasteiger partial charge in [0.1, 0.15) is 5.82 Å². The maximum absolute atomic E-state index is 12.9. The summed E-state index contributed by atoms with van der Waals surface area (Å²) in [6.45, 7) is 0. The monoisotopic (exact) mass is 355 g/mol. The first-order chi connectivity index (χ1) is 12.0. The van der Waals surface area contributed by atoms with Crippen molar-refractivity contribution in [2.45, 2.75) is 4.90 Å². The molecule has 3 rings (SSSR count). The predicted octanol–water partition coefficient (Wildman–Crippen LogP) is 3.77. The number of benzene rings is 2. The second kappa shape index (κ2) is 7.23. The molecule has 7 heteroatoms. The van der Waals surface area contributed by atoms with Gasteiger partial charge < -0.3 is 0 Å². The summed E-state index contributed by atoms with van der Waals surface area (Å²) in [4.78, 5) is 8.35. The molecule has 1 N–H and O–H groups in total. The zero-order valence-electron chi connectivity index (χ0n) is 13.0. The van der Waals surface area contributed by atoms with E-state index in [9.17, 15) is 12.8 Å². The number of nitrogens with zero attached hydrogens (tertiary/aromatic N) is 2. The smallest absolute Gasteiger partial charge is 0.261 e. The molecule has 1 aromatic heterocycles. The summed E-state index contributed by atoms with van der Waals surface area (Å²) in [5.74, 6) is -0.432. The van der Waals surface area contributed by atoms with Crippen LogP contribution in [0.4, 0.5) is 15.8 Å². The molecular formula is C18H14FN3O2S. The average Bonchev–Trinajstić information content (AvgIpc) is 2.63. The molecular weight excluding hydrogens is 341 g/mol. The van der Waals surface area contributed by atoms with E-state index in [2.05, 4.69) is 14.7 Å². The lowest BCUT2D eigenvalue weighted by Gasteiger charge is -2.08. The van der Waals surface area contributed by atoms with Crippen molar-refractivity contribution in [1.82, 2.24) is 4.98 Å². The highest BCUT2D eigenvalue weighted by Crippen LogP contribution is 2.19. The summed E-state index contributed by atoms with van der Waals surface area (Å²) in [5, 5.41) is 0.